The van der Waals surface area contributed by atoms with Gasteiger partial charge >= 0.3 is 0 Å². The van der Waals surface area contributed by atoms with Crippen molar-refractivity contribution in [1.29, 1.82) is 0 Å². The zero-order valence-corrected chi connectivity index (χ0v) is 30.4. The van der Waals surface area contributed by atoms with E-state index >= 15 is 0 Å². The zero-order valence-electron chi connectivity index (χ0n) is 30.4. The van der Waals surface area contributed by atoms with E-state index in [0.29, 0.717) is 6.17 Å². The molecule has 0 radical (unpaired) electrons. The van der Waals surface area contributed by atoms with Gasteiger partial charge in [0, 0.05) is 25.5 Å². The number of unbranched alkanes of at least 4 members (excludes halogenated alkanes) is 29. The Labute approximate surface area is 273 Å². The second-order valence-electron chi connectivity index (χ2n) is 14.3. The van der Waals surface area contributed by atoms with Gasteiger partial charge in [0.15, 0.2) is 0 Å². The summed E-state index contributed by atoms with van der Waals surface area (Å²) < 4.78 is 0. The summed E-state index contributed by atoms with van der Waals surface area (Å²) in [5.74, 6) is 0. The lowest BCUT2D eigenvalue weighted by molar-refractivity contribution is 0.135. The molecular formula is C41H82N2. The van der Waals surface area contributed by atoms with Crippen molar-refractivity contribution in [3.8, 4) is 0 Å². The number of nitrogens with zero attached hydrogens (tertiary/aromatic N) is 2. The monoisotopic (exact) mass is 603 g/mol. The Balaban J connectivity index is 2.06. The molecule has 0 N–H and O–H groups in total. The van der Waals surface area contributed by atoms with E-state index in [1.807, 2.05) is 0 Å². The van der Waals surface area contributed by atoms with Gasteiger partial charge < -0.3 is 9.80 Å². The highest BCUT2D eigenvalue weighted by Gasteiger charge is 2.24. The highest BCUT2D eigenvalue weighted by Crippen LogP contribution is 2.24. The summed E-state index contributed by atoms with van der Waals surface area (Å²) in [4.78, 5) is 5.39. The van der Waals surface area contributed by atoms with Crippen molar-refractivity contribution in [2.75, 3.05) is 13.1 Å². The van der Waals surface area contributed by atoms with Gasteiger partial charge in [0.2, 0.25) is 0 Å². The minimum absolute atomic E-state index is 0.640. The van der Waals surface area contributed by atoms with Gasteiger partial charge in [0.25, 0.3) is 0 Å². The maximum absolute atomic E-state index is 2.70. The lowest BCUT2D eigenvalue weighted by atomic mass is 10.0. The highest BCUT2D eigenvalue weighted by molar-refractivity contribution is 4.97. The molecule has 1 heterocycles. The third-order valence-electron chi connectivity index (χ3n) is 10.1. The standard InChI is InChI=1S/C41H82N2/c1-4-7-10-12-14-16-18-20-22-23-25-27-29-31-33-36-41-42(37-34-9-6-3)39-40-43(41)38-35-32-30-28-26-24-21-19-17-15-13-11-8-5-2/h39-41H,4-38H2,1-3H3. The maximum Gasteiger partial charge on any atom is 0.101 e. The molecule has 1 unspecified atom stereocenters. The number of rotatable bonds is 35. The summed E-state index contributed by atoms with van der Waals surface area (Å²) in [7, 11) is 0. The molecule has 0 spiro atoms. The molecule has 0 amide bonds. The first-order valence-corrected chi connectivity index (χ1v) is 20.5. The van der Waals surface area contributed by atoms with E-state index < -0.39 is 0 Å². The van der Waals surface area contributed by atoms with Gasteiger partial charge in [0.05, 0.1) is 0 Å². The van der Waals surface area contributed by atoms with Crippen LogP contribution in [0.25, 0.3) is 0 Å². The normalized spacial score (nSPS) is 14.9. The van der Waals surface area contributed by atoms with Crippen LogP contribution in [-0.4, -0.2) is 29.1 Å². The van der Waals surface area contributed by atoms with Gasteiger partial charge in [-0.25, -0.2) is 0 Å². The first kappa shape index (κ1) is 40.4. The molecule has 0 saturated carbocycles. The molecule has 1 aliphatic heterocycles. The molecule has 256 valence electrons. The molecular weight excluding hydrogens is 520 g/mol. The van der Waals surface area contributed by atoms with E-state index in [0.717, 1.165) is 0 Å². The predicted molar refractivity (Wildman–Crippen MR) is 196 cm³/mol. The molecule has 0 aromatic rings. The lowest BCUT2D eigenvalue weighted by Crippen LogP contribution is -2.39. The number of hydrogen-bond donors (Lipinski definition) is 0. The Morgan fingerprint density at radius 2 is 0.535 bits per heavy atom. The summed E-state index contributed by atoms with van der Waals surface area (Å²) in [6, 6.07) is 0. The van der Waals surface area contributed by atoms with Crippen molar-refractivity contribution in [1.82, 2.24) is 9.80 Å². The molecule has 2 heteroatoms. The molecule has 0 fully saturated rings. The van der Waals surface area contributed by atoms with Crippen molar-refractivity contribution >= 4 is 0 Å². The van der Waals surface area contributed by atoms with Gasteiger partial charge in [-0.05, 0) is 25.7 Å². The zero-order chi connectivity index (χ0) is 30.9. The molecule has 43 heavy (non-hydrogen) atoms. The van der Waals surface area contributed by atoms with Crippen molar-refractivity contribution in [3.05, 3.63) is 12.4 Å². The van der Waals surface area contributed by atoms with Crippen LogP contribution < -0.4 is 0 Å². The predicted octanol–water partition coefficient (Wildman–Crippen LogP) is 14.3. The molecule has 0 aromatic heterocycles. The van der Waals surface area contributed by atoms with Crippen LogP contribution >= 0.6 is 0 Å². The molecule has 1 aliphatic rings. The smallest absolute Gasteiger partial charge is 0.101 e. The number of hydrogen-bond acceptors (Lipinski definition) is 2. The molecule has 2 nitrogen and oxygen atoms in total. The largest absolute Gasteiger partial charge is 0.356 e. The fourth-order valence-corrected chi connectivity index (χ4v) is 7.07. The second kappa shape index (κ2) is 32.7. The Kier molecular flexibility index (Phi) is 30.7. The molecule has 0 aromatic carbocycles. The third-order valence-corrected chi connectivity index (χ3v) is 10.1. The van der Waals surface area contributed by atoms with E-state index in [1.54, 1.807) is 0 Å². The minimum Gasteiger partial charge on any atom is -0.356 e. The molecule has 0 saturated heterocycles. The Hall–Kier alpha value is -0.660. The maximum atomic E-state index is 2.70. The van der Waals surface area contributed by atoms with Crippen LogP contribution in [0.4, 0.5) is 0 Å². The van der Waals surface area contributed by atoms with E-state index in [9.17, 15) is 0 Å². The summed E-state index contributed by atoms with van der Waals surface area (Å²) in [6.45, 7) is 9.47. The summed E-state index contributed by atoms with van der Waals surface area (Å²) in [6.07, 6.45) is 53.0. The van der Waals surface area contributed by atoms with Crippen LogP contribution in [-0.2, 0) is 0 Å². The van der Waals surface area contributed by atoms with Gasteiger partial charge in [-0.15, -0.1) is 0 Å². The average molecular weight is 603 g/mol. The van der Waals surface area contributed by atoms with Crippen LogP contribution in [0.1, 0.15) is 233 Å². The van der Waals surface area contributed by atoms with Crippen molar-refractivity contribution < 1.29 is 0 Å². The third kappa shape index (κ3) is 25.2. The van der Waals surface area contributed by atoms with Gasteiger partial charge in [-0.2, -0.15) is 0 Å². The van der Waals surface area contributed by atoms with Gasteiger partial charge in [0.1, 0.15) is 6.17 Å². The van der Waals surface area contributed by atoms with Crippen molar-refractivity contribution in [2.24, 2.45) is 0 Å². The molecule has 0 aliphatic carbocycles. The quantitative estimate of drug-likeness (QED) is 0.0666. The second-order valence-corrected chi connectivity index (χ2v) is 14.3. The fraction of sp³-hybridized carbons (Fsp3) is 0.951. The molecule has 0 bridgehead atoms. The Morgan fingerprint density at radius 3 is 0.860 bits per heavy atom. The van der Waals surface area contributed by atoms with Crippen LogP contribution in [0, 0.1) is 0 Å². The summed E-state index contributed by atoms with van der Waals surface area (Å²) in [5.41, 5.74) is 0. The van der Waals surface area contributed by atoms with Crippen molar-refractivity contribution in [3.63, 3.8) is 0 Å². The van der Waals surface area contributed by atoms with Crippen molar-refractivity contribution in [2.45, 2.75) is 239 Å². The van der Waals surface area contributed by atoms with Crippen LogP contribution in [0.15, 0.2) is 12.4 Å². The SMILES string of the molecule is CCCCCCCCCCCCCCCCCC1N(CCCCC)C=CN1CCCCCCCCCCCCCCCC. The first-order chi connectivity index (χ1) is 21.3. The Morgan fingerprint density at radius 1 is 0.302 bits per heavy atom. The van der Waals surface area contributed by atoms with Crippen LogP contribution in [0.2, 0.25) is 0 Å². The minimum atomic E-state index is 0.640. The van der Waals surface area contributed by atoms with Gasteiger partial charge in [-0.3, -0.25) is 0 Å². The Bertz CT molecular complexity index is 558. The molecule has 1 atom stereocenters. The van der Waals surface area contributed by atoms with E-state index in [2.05, 4.69) is 43.0 Å². The van der Waals surface area contributed by atoms with E-state index in [4.69, 9.17) is 0 Å². The molecule has 1 rings (SSSR count). The fourth-order valence-electron chi connectivity index (χ4n) is 7.07. The summed E-state index contributed by atoms with van der Waals surface area (Å²) in [5, 5.41) is 0. The van der Waals surface area contributed by atoms with Crippen LogP contribution in [0.5, 0.6) is 0 Å². The van der Waals surface area contributed by atoms with Crippen LogP contribution in [0.3, 0.4) is 0 Å². The highest BCUT2D eigenvalue weighted by atomic mass is 15.4. The average Bonchev–Trinajstić information content (AvgIpc) is 3.40. The topological polar surface area (TPSA) is 6.48 Å². The van der Waals surface area contributed by atoms with E-state index in [1.165, 1.54) is 225 Å². The summed E-state index contributed by atoms with van der Waals surface area (Å²) >= 11 is 0. The first-order valence-electron chi connectivity index (χ1n) is 20.5. The lowest BCUT2D eigenvalue weighted by Gasteiger charge is -2.33. The van der Waals surface area contributed by atoms with Gasteiger partial charge in [-0.1, -0.05) is 207 Å². The van der Waals surface area contributed by atoms with E-state index in [-0.39, 0.29) is 0 Å².